The minimum absolute atomic E-state index is 0.344. The molecule has 0 heterocycles. The average Bonchev–Trinajstić information content (AvgIpc) is 2.96. The Morgan fingerprint density at radius 3 is 2.62 bits per heavy atom. The predicted octanol–water partition coefficient (Wildman–Crippen LogP) is 4.74. The van der Waals surface area contributed by atoms with Crippen molar-refractivity contribution in [3.8, 4) is 0 Å². The first-order valence-electron chi connectivity index (χ1n) is 9.69. The number of unbranched alkanes of at least 4 members (excludes halogenated alkanes) is 4. The van der Waals surface area contributed by atoms with Gasteiger partial charge in [-0.25, -0.2) is 4.79 Å². The molecule has 0 spiro atoms. The van der Waals surface area contributed by atoms with Crippen LogP contribution in [0.25, 0.3) is 0 Å². The molecule has 0 aromatic heterocycles. The van der Waals surface area contributed by atoms with E-state index in [0.717, 1.165) is 24.8 Å². The van der Waals surface area contributed by atoms with Crippen molar-refractivity contribution < 1.29 is 20.1 Å². The van der Waals surface area contributed by atoms with Crippen LogP contribution < -0.4 is 0 Å². The molecule has 0 fully saturated rings. The van der Waals surface area contributed by atoms with Crippen molar-refractivity contribution in [1.29, 1.82) is 0 Å². The van der Waals surface area contributed by atoms with Crippen molar-refractivity contribution >= 4 is 5.97 Å². The van der Waals surface area contributed by atoms with E-state index < -0.39 is 11.8 Å². The van der Waals surface area contributed by atoms with E-state index in [4.69, 9.17) is 5.11 Å². The van der Waals surface area contributed by atoms with Crippen molar-refractivity contribution in [3.63, 3.8) is 0 Å². The van der Waals surface area contributed by atoms with Crippen molar-refractivity contribution in [3.05, 3.63) is 41.2 Å². The van der Waals surface area contributed by atoms with Gasteiger partial charge in [-0.2, -0.15) is 0 Å². The third-order valence-electron chi connectivity index (χ3n) is 4.77. The summed E-state index contributed by atoms with van der Waals surface area (Å²) in [5.41, 5.74) is 4.67. The van der Waals surface area contributed by atoms with E-state index in [0.29, 0.717) is 17.4 Å². The zero-order valence-electron chi connectivity index (χ0n) is 16.4. The van der Waals surface area contributed by atoms with E-state index in [1.54, 1.807) is 6.92 Å². The third-order valence-corrected chi connectivity index (χ3v) is 4.77. The number of carbonyl (C=O) groups is 1. The van der Waals surface area contributed by atoms with E-state index in [9.17, 15) is 15.0 Å². The Balaban J connectivity index is 2.58. The topological polar surface area (TPSA) is 77.8 Å². The Morgan fingerprint density at radius 2 is 1.96 bits per heavy atom. The summed E-state index contributed by atoms with van der Waals surface area (Å²) in [6.45, 7) is 5.86. The second-order valence-electron chi connectivity index (χ2n) is 7.47. The number of carboxylic acids is 1. The lowest BCUT2D eigenvalue weighted by Crippen LogP contribution is -2.38. The SMILES string of the molecule is CCCCCCC=C[C@H]1C=CC[C@@H]1CC(C)=C=C(C)CC(O)(O)C(=O)O. The number of carboxylic acid groups (broad SMARTS) is 1. The van der Waals surface area contributed by atoms with Crippen LogP contribution in [0.1, 0.15) is 72.1 Å². The molecule has 0 bridgehead atoms. The summed E-state index contributed by atoms with van der Waals surface area (Å²) in [5.74, 6) is -3.43. The maximum atomic E-state index is 10.8. The number of aliphatic hydroxyl groups is 2. The van der Waals surface area contributed by atoms with E-state index >= 15 is 0 Å². The second kappa shape index (κ2) is 11.2. The number of rotatable bonds is 11. The maximum absolute atomic E-state index is 10.8. The van der Waals surface area contributed by atoms with Gasteiger partial charge in [0.05, 0.1) is 0 Å². The lowest BCUT2D eigenvalue weighted by molar-refractivity contribution is -0.202. The number of hydrogen-bond donors (Lipinski definition) is 3. The zero-order chi connectivity index (χ0) is 19.6. The van der Waals surface area contributed by atoms with Gasteiger partial charge in [0.25, 0.3) is 5.79 Å². The normalized spacial score (nSPS) is 19.7. The van der Waals surface area contributed by atoms with Crippen LogP contribution >= 0.6 is 0 Å². The molecule has 1 aliphatic rings. The van der Waals surface area contributed by atoms with Crippen LogP contribution in [-0.2, 0) is 4.79 Å². The Labute approximate surface area is 157 Å². The lowest BCUT2D eigenvalue weighted by atomic mass is 9.88. The van der Waals surface area contributed by atoms with Crippen LogP contribution in [0.2, 0.25) is 0 Å². The number of aliphatic carboxylic acids is 1. The first-order valence-corrected chi connectivity index (χ1v) is 9.69. The maximum Gasteiger partial charge on any atom is 0.364 e. The van der Waals surface area contributed by atoms with Crippen molar-refractivity contribution in [2.24, 2.45) is 11.8 Å². The van der Waals surface area contributed by atoms with Crippen LogP contribution in [-0.4, -0.2) is 27.1 Å². The van der Waals surface area contributed by atoms with E-state index in [1.807, 2.05) is 6.92 Å². The summed E-state index contributed by atoms with van der Waals surface area (Å²) in [6.07, 6.45) is 16.9. The van der Waals surface area contributed by atoms with Gasteiger partial charge < -0.3 is 15.3 Å². The molecule has 0 saturated heterocycles. The standard InChI is InChI=1S/C22H34O4/c1-4-5-6-7-8-9-11-19-12-10-13-20(19)15-17(2)14-18(3)16-22(25,26)21(23)24/h9-12,19-20,25-26H,4-8,13,15-16H2,1-3H3,(H,23,24)/t14?,19-,20+/m0/s1. The Kier molecular flexibility index (Phi) is 9.64. The Hall–Kier alpha value is -1.61. The van der Waals surface area contributed by atoms with Crippen LogP contribution in [0, 0.1) is 11.8 Å². The fraction of sp³-hybridized carbons (Fsp3) is 0.636. The molecule has 1 rings (SSSR count). The summed E-state index contributed by atoms with van der Waals surface area (Å²) in [6, 6.07) is 0. The highest BCUT2D eigenvalue weighted by atomic mass is 16.5. The Bertz CT molecular complexity index is 577. The summed E-state index contributed by atoms with van der Waals surface area (Å²) in [4.78, 5) is 10.8. The van der Waals surface area contributed by atoms with Gasteiger partial charge in [-0.1, -0.05) is 50.5 Å². The number of hydrogen-bond acceptors (Lipinski definition) is 3. The van der Waals surface area contributed by atoms with Gasteiger partial charge in [-0.15, -0.1) is 5.73 Å². The summed E-state index contributed by atoms with van der Waals surface area (Å²) >= 11 is 0. The monoisotopic (exact) mass is 362 g/mol. The molecule has 0 aromatic rings. The molecule has 3 N–H and O–H groups in total. The zero-order valence-corrected chi connectivity index (χ0v) is 16.4. The molecule has 0 saturated carbocycles. The third kappa shape index (κ3) is 8.18. The fourth-order valence-corrected chi connectivity index (χ4v) is 3.41. The highest BCUT2D eigenvalue weighted by Gasteiger charge is 2.33. The minimum atomic E-state index is -2.73. The smallest absolute Gasteiger partial charge is 0.364 e. The summed E-state index contributed by atoms with van der Waals surface area (Å²) < 4.78 is 0. The summed E-state index contributed by atoms with van der Waals surface area (Å²) in [5, 5.41) is 27.7. The molecule has 4 heteroatoms. The van der Waals surface area contributed by atoms with Crippen LogP contribution in [0.5, 0.6) is 0 Å². The molecule has 26 heavy (non-hydrogen) atoms. The van der Waals surface area contributed by atoms with Gasteiger partial charge >= 0.3 is 5.97 Å². The molecule has 146 valence electrons. The first-order chi connectivity index (χ1) is 12.3. The molecule has 0 radical (unpaired) electrons. The average molecular weight is 363 g/mol. The molecule has 2 atom stereocenters. The molecule has 0 aliphatic heterocycles. The van der Waals surface area contributed by atoms with Gasteiger partial charge in [-0.05, 0) is 62.5 Å². The van der Waals surface area contributed by atoms with E-state index in [-0.39, 0.29) is 6.42 Å². The lowest BCUT2D eigenvalue weighted by Gasteiger charge is -2.17. The predicted molar refractivity (Wildman–Crippen MR) is 105 cm³/mol. The highest BCUT2D eigenvalue weighted by molar-refractivity contribution is 5.75. The summed E-state index contributed by atoms with van der Waals surface area (Å²) in [7, 11) is 0. The van der Waals surface area contributed by atoms with Crippen LogP contribution in [0.15, 0.2) is 41.2 Å². The van der Waals surface area contributed by atoms with Gasteiger partial charge in [0, 0.05) is 6.42 Å². The fourth-order valence-electron chi connectivity index (χ4n) is 3.41. The number of allylic oxidation sites excluding steroid dienone is 4. The minimum Gasteiger partial charge on any atom is -0.477 e. The second-order valence-corrected chi connectivity index (χ2v) is 7.47. The molecule has 0 unspecified atom stereocenters. The Morgan fingerprint density at radius 1 is 1.23 bits per heavy atom. The van der Waals surface area contributed by atoms with E-state index in [1.165, 1.54) is 25.7 Å². The van der Waals surface area contributed by atoms with Crippen molar-refractivity contribution in [2.45, 2.75) is 77.9 Å². The van der Waals surface area contributed by atoms with Gasteiger partial charge in [0.15, 0.2) is 0 Å². The highest BCUT2D eigenvalue weighted by Crippen LogP contribution is 2.32. The van der Waals surface area contributed by atoms with Crippen molar-refractivity contribution in [2.75, 3.05) is 0 Å². The molecule has 0 aromatic carbocycles. The van der Waals surface area contributed by atoms with E-state index in [2.05, 4.69) is 37.0 Å². The van der Waals surface area contributed by atoms with Gasteiger partial charge in [-0.3, -0.25) is 0 Å². The quantitative estimate of drug-likeness (QED) is 0.215. The molecule has 0 amide bonds. The molecular weight excluding hydrogens is 328 g/mol. The van der Waals surface area contributed by atoms with Crippen molar-refractivity contribution in [1.82, 2.24) is 0 Å². The molecule has 1 aliphatic carbocycles. The van der Waals surface area contributed by atoms with Crippen LogP contribution in [0.3, 0.4) is 0 Å². The largest absolute Gasteiger partial charge is 0.477 e. The van der Waals surface area contributed by atoms with Gasteiger partial charge in [0.2, 0.25) is 0 Å². The van der Waals surface area contributed by atoms with Crippen LogP contribution in [0.4, 0.5) is 0 Å². The van der Waals surface area contributed by atoms with Gasteiger partial charge in [0.1, 0.15) is 0 Å². The first kappa shape index (κ1) is 22.4. The molecule has 4 nitrogen and oxygen atoms in total. The molecular formula is C22H34O4.